The highest BCUT2D eigenvalue weighted by atomic mass is 79.9. The van der Waals surface area contributed by atoms with Crippen molar-refractivity contribution in [2.45, 2.75) is 25.8 Å². The van der Waals surface area contributed by atoms with Crippen molar-refractivity contribution in [3.63, 3.8) is 0 Å². The third-order valence-corrected chi connectivity index (χ3v) is 5.13. The molecule has 0 unspecified atom stereocenters. The number of piperidine rings is 1. The minimum absolute atomic E-state index is 0.225. The molecule has 0 saturated carbocycles. The van der Waals surface area contributed by atoms with Crippen LogP contribution in [0.5, 0.6) is 0 Å². The number of nitrogens with one attached hydrogen (secondary N) is 2. The van der Waals surface area contributed by atoms with Crippen molar-refractivity contribution >= 4 is 44.9 Å². The van der Waals surface area contributed by atoms with E-state index in [1.54, 1.807) is 12.1 Å². The Morgan fingerprint density at radius 2 is 1.65 bits per heavy atom. The molecule has 2 aromatic rings. The number of nitrogens with zero attached hydrogens (tertiary/aromatic N) is 1. The Morgan fingerprint density at radius 1 is 1.00 bits per heavy atom. The lowest BCUT2D eigenvalue weighted by Crippen LogP contribution is -2.34. The van der Waals surface area contributed by atoms with Gasteiger partial charge in [-0.25, -0.2) is 0 Å². The Balaban J connectivity index is 1.50. The van der Waals surface area contributed by atoms with Gasteiger partial charge in [-0.15, -0.1) is 0 Å². The first-order valence-electron chi connectivity index (χ1n) is 8.79. The normalized spacial score (nSPS) is 14.7. The third kappa shape index (κ3) is 5.62. The van der Waals surface area contributed by atoms with E-state index in [4.69, 9.17) is 12.2 Å². The molecular formula is C20H22BrN3OS. The second-order valence-corrected chi connectivity index (χ2v) is 7.77. The SMILES string of the molecule is O=C(NC(=S)Nc1ccc(CN2CCCCC2)cc1)c1ccc(Br)cc1. The molecule has 0 radical (unpaired) electrons. The average molecular weight is 432 g/mol. The Hall–Kier alpha value is -1.76. The van der Waals surface area contributed by atoms with Crippen molar-refractivity contribution in [2.75, 3.05) is 18.4 Å². The van der Waals surface area contributed by atoms with Crippen LogP contribution in [0.25, 0.3) is 0 Å². The number of amides is 1. The highest BCUT2D eigenvalue weighted by molar-refractivity contribution is 9.10. The van der Waals surface area contributed by atoms with Crippen molar-refractivity contribution in [1.82, 2.24) is 10.2 Å². The van der Waals surface area contributed by atoms with Crippen molar-refractivity contribution in [3.8, 4) is 0 Å². The van der Waals surface area contributed by atoms with Crippen LogP contribution in [0.15, 0.2) is 53.0 Å². The van der Waals surface area contributed by atoms with Crippen LogP contribution in [0, 0.1) is 0 Å². The van der Waals surface area contributed by atoms with Gasteiger partial charge in [-0.2, -0.15) is 0 Å². The lowest BCUT2D eigenvalue weighted by Gasteiger charge is -2.26. The van der Waals surface area contributed by atoms with Crippen LogP contribution < -0.4 is 10.6 Å². The molecular weight excluding hydrogens is 410 g/mol. The standard InChI is InChI=1S/C20H22BrN3OS/c21-17-8-6-16(7-9-17)19(25)23-20(26)22-18-10-4-15(5-11-18)14-24-12-2-1-3-13-24/h4-11H,1-3,12-14H2,(H2,22,23,25,26). The van der Waals surface area contributed by atoms with Crippen LogP contribution in [0.4, 0.5) is 5.69 Å². The van der Waals surface area contributed by atoms with Crippen LogP contribution in [-0.2, 0) is 6.54 Å². The molecule has 1 fully saturated rings. The van der Waals surface area contributed by atoms with Gasteiger partial charge in [0.05, 0.1) is 0 Å². The molecule has 136 valence electrons. The summed E-state index contributed by atoms with van der Waals surface area (Å²) in [7, 11) is 0. The van der Waals surface area contributed by atoms with Crippen molar-refractivity contribution < 1.29 is 4.79 Å². The molecule has 3 rings (SSSR count). The summed E-state index contributed by atoms with van der Waals surface area (Å²) in [4.78, 5) is 14.7. The van der Waals surface area contributed by atoms with Crippen molar-refractivity contribution in [1.29, 1.82) is 0 Å². The van der Waals surface area contributed by atoms with Gasteiger partial charge < -0.3 is 5.32 Å². The minimum Gasteiger partial charge on any atom is -0.332 e. The van der Waals surface area contributed by atoms with E-state index in [9.17, 15) is 4.79 Å². The van der Waals surface area contributed by atoms with Crippen molar-refractivity contribution in [3.05, 3.63) is 64.1 Å². The van der Waals surface area contributed by atoms with E-state index in [-0.39, 0.29) is 5.91 Å². The summed E-state index contributed by atoms with van der Waals surface area (Å²) < 4.78 is 0.930. The largest absolute Gasteiger partial charge is 0.332 e. The second-order valence-electron chi connectivity index (χ2n) is 6.45. The van der Waals surface area contributed by atoms with Gasteiger partial charge in [0.1, 0.15) is 0 Å². The molecule has 1 amide bonds. The molecule has 1 aliphatic heterocycles. The molecule has 2 N–H and O–H groups in total. The van der Waals surface area contributed by atoms with Crippen LogP contribution in [0.2, 0.25) is 0 Å². The van der Waals surface area contributed by atoms with Gasteiger partial charge in [-0.1, -0.05) is 34.5 Å². The average Bonchev–Trinajstić information content (AvgIpc) is 2.64. The molecule has 26 heavy (non-hydrogen) atoms. The quantitative estimate of drug-likeness (QED) is 0.696. The van der Waals surface area contributed by atoms with Crippen LogP contribution in [-0.4, -0.2) is 29.0 Å². The van der Waals surface area contributed by atoms with E-state index in [0.717, 1.165) is 16.7 Å². The second kappa shape index (κ2) is 9.26. The number of thiocarbonyl (C=S) groups is 1. The van der Waals surface area contributed by atoms with Gasteiger partial charge in [0, 0.05) is 22.3 Å². The van der Waals surface area contributed by atoms with Crippen LogP contribution in [0.1, 0.15) is 35.2 Å². The Kier molecular flexibility index (Phi) is 6.77. The molecule has 0 aromatic heterocycles. The van der Waals surface area contributed by atoms with Crippen LogP contribution >= 0.6 is 28.1 Å². The number of halogens is 1. The minimum atomic E-state index is -0.225. The van der Waals surface area contributed by atoms with Gasteiger partial charge in [0.25, 0.3) is 5.91 Å². The summed E-state index contributed by atoms with van der Waals surface area (Å²) in [5.41, 5.74) is 2.73. The van der Waals surface area contributed by atoms with Gasteiger partial charge in [-0.3, -0.25) is 15.0 Å². The first kappa shape index (κ1) is 19.0. The summed E-state index contributed by atoms with van der Waals surface area (Å²) >= 11 is 8.59. The Morgan fingerprint density at radius 3 is 2.31 bits per heavy atom. The van der Waals surface area contributed by atoms with E-state index in [1.165, 1.54) is 37.9 Å². The zero-order chi connectivity index (χ0) is 18.4. The maximum Gasteiger partial charge on any atom is 0.257 e. The molecule has 0 aliphatic carbocycles. The zero-order valence-electron chi connectivity index (χ0n) is 14.5. The highest BCUT2D eigenvalue weighted by Gasteiger charge is 2.11. The molecule has 4 nitrogen and oxygen atoms in total. The number of carbonyl (C=O) groups is 1. The monoisotopic (exact) mass is 431 g/mol. The molecule has 1 heterocycles. The summed E-state index contributed by atoms with van der Waals surface area (Å²) in [5.74, 6) is -0.225. The summed E-state index contributed by atoms with van der Waals surface area (Å²) in [6, 6.07) is 15.4. The third-order valence-electron chi connectivity index (χ3n) is 4.40. The van der Waals surface area contributed by atoms with Gasteiger partial charge in [0.2, 0.25) is 0 Å². The number of likely N-dealkylation sites (tertiary alicyclic amines) is 1. The molecule has 1 saturated heterocycles. The van der Waals surface area contributed by atoms with E-state index < -0.39 is 0 Å². The fourth-order valence-corrected chi connectivity index (χ4v) is 3.48. The molecule has 2 aromatic carbocycles. The lowest BCUT2D eigenvalue weighted by atomic mass is 10.1. The molecule has 0 atom stereocenters. The number of anilines is 1. The molecule has 0 bridgehead atoms. The topological polar surface area (TPSA) is 44.4 Å². The smallest absolute Gasteiger partial charge is 0.257 e. The van der Waals surface area contributed by atoms with E-state index >= 15 is 0 Å². The lowest BCUT2D eigenvalue weighted by molar-refractivity contribution is 0.0977. The number of benzene rings is 2. The fraction of sp³-hybridized carbons (Fsp3) is 0.300. The number of carbonyl (C=O) groups excluding carboxylic acids is 1. The number of hydrogen-bond donors (Lipinski definition) is 2. The molecule has 0 spiro atoms. The van der Waals surface area contributed by atoms with Gasteiger partial charge in [-0.05, 0) is 80.1 Å². The van der Waals surface area contributed by atoms with E-state index in [1.807, 2.05) is 24.3 Å². The van der Waals surface area contributed by atoms with Gasteiger partial charge in [0.15, 0.2) is 5.11 Å². The predicted molar refractivity (Wildman–Crippen MR) is 113 cm³/mol. The highest BCUT2D eigenvalue weighted by Crippen LogP contribution is 2.15. The zero-order valence-corrected chi connectivity index (χ0v) is 16.9. The number of rotatable bonds is 4. The summed E-state index contributed by atoms with van der Waals surface area (Å²) in [5, 5.41) is 6.06. The first-order chi connectivity index (χ1) is 12.6. The summed E-state index contributed by atoms with van der Waals surface area (Å²) in [6.45, 7) is 3.36. The maximum absolute atomic E-state index is 12.2. The Bertz CT molecular complexity index is 756. The fourth-order valence-electron chi connectivity index (χ4n) is 3.01. The van der Waals surface area contributed by atoms with Crippen LogP contribution in [0.3, 0.4) is 0 Å². The first-order valence-corrected chi connectivity index (χ1v) is 9.99. The van der Waals surface area contributed by atoms with Crippen molar-refractivity contribution in [2.24, 2.45) is 0 Å². The Labute approximate surface area is 168 Å². The van der Waals surface area contributed by atoms with E-state index in [2.05, 4.69) is 43.6 Å². The maximum atomic E-state index is 12.2. The van der Waals surface area contributed by atoms with Gasteiger partial charge >= 0.3 is 0 Å². The molecule has 1 aliphatic rings. The predicted octanol–water partition coefficient (Wildman–Crippen LogP) is 4.56. The van der Waals surface area contributed by atoms with E-state index in [0.29, 0.717) is 10.7 Å². The summed E-state index contributed by atoms with van der Waals surface area (Å²) in [6.07, 6.45) is 3.95. The molecule has 6 heteroatoms. The number of hydrogen-bond acceptors (Lipinski definition) is 3.